The van der Waals surface area contributed by atoms with Crippen molar-refractivity contribution in [1.82, 2.24) is 0 Å². The fourth-order valence-corrected chi connectivity index (χ4v) is 3.49. The van der Waals surface area contributed by atoms with Gasteiger partial charge in [0.1, 0.15) is 6.61 Å². The Balaban J connectivity index is 1.93. The second-order valence-electron chi connectivity index (χ2n) is 6.84. The van der Waals surface area contributed by atoms with Gasteiger partial charge in [-0.05, 0) is 42.5 Å². The third-order valence-electron chi connectivity index (χ3n) is 4.55. The van der Waals surface area contributed by atoms with Gasteiger partial charge in [-0.15, -0.1) is 0 Å². The smallest absolute Gasteiger partial charge is 0.416 e. The maximum atomic E-state index is 13.3. The summed E-state index contributed by atoms with van der Waals surface area (Å²) in [5, 5.41) is 7.49. The molecular weight excluding hydrogens is 461 g/mol. The highest BCUT2D eigenvalue weighted by Gasteiger charge is 2.32. The first-order valence-corrected chi connectivity index (χ1v) is 10.9. The molecule has 0 aromatic heterocycles. The van der Waals surface area contributed by atoms with Gasteiger partial charge in [0.15, 0.2) is 11.5 Å². The molecule has 0 atom stereocenters. The highest BCUT2D eigenvalue weighted by atomic mass is 32.2. The van der Waals surface area contributed by atoms with Crippen LogP contribution in [-0.4, -0.2) is 21.4 Å². The number of ether oxygens (including phenoxy) is 2. The number of primary sulfonamides is 1. The van der Waals surface area contributed by atoms with Crippen molar-refractivity contribution in [3.63, 3.8) is 0 Å². The van der Waals surface area contributed by atoms with Crippen LogP contribution in [0.25, 0.3) is 0 Å². The molecule has 0 aliphatic heterocycles. The summed E-state index contributed by atoms with van der Waals surface area (Å²) in [5.74, 6) is -0.131. The van der Waals surface area contributed by atoms with Gasteiger partial charge in [0.05, 0.1) is 17.6 Å². The lowest BCUT2D eigenvalue weighted by Gasteiger charge is -2.16. The number of benzene rings is 3. The summed E-state index contributed by atoms with van der Waals surface area (Å²) in [7, 11) is -2.60. The van der Waals surface area contributed by atoms with Crippen LogP contribution in [0.3, 0.4) is 0 Å². The maximum absolute atomic E-state index is 13.3. The first kappa shape index (κ1) is 24.1. The van der Waals surface area contributed by atoms with Crippen LogP contribution < -0.4 is 19.9 Å². The average Bonchev–Trinajstić information content (AvgIpc) is 2.76. The highest BCUT2D eigenvalue weighted by Crippen LogP contribution is 2.32. The van der Waals surface area contributed by atoms with Crippen LogP contribution in [0.4, 0.5) is 18.9 Å². The molecule has 1 amide bonds. The van der Waals surface area contributed by atoms with Gasteiger partial charge < -0.3 is 14.8 Å². The van der Waals surface area contributed by atoms with Crippen LogP contribution in [-0.2, 0) is 22.8 Å². The Kier molecular flexibility index (Phi) is 6.94. The van der Waals surface area contributed by atoms with E-state index in [-0.39, 0.29) is 28.3 Å². The molecule has 174 valence electrons. The fourth-order valence-electron chi connectivity index (χ4n) is 2.93. The van der Waals surface area contributed by atoms with E-state index in [9.17, 15) is 26.4 Å². The Bertz CT molecular complexity index is 1280. The number of methoxy groups -OCH3 is 1. The molecule has 0 heterocycles. The SMILES string of the molecule is COc1ccccc1OCc1ccc(C(F)(F)F)cc1C(=O)Nc1cccc(S(N)(=O)=O)c1. The number of rotatable bonds is 7. The number of alkyl halides is 3. The lowest BCUT2D eigenvalue weighted by atomic mass is 10.0. The number of anilines is 1. The Hall–Kier alpha value is -3.57. The molecule has 0 unspecified atom stereocenters. The van der Waals surface area contributed by atoms with Crippen molar-refractivity contribution in [3.05, 3.63) is 83.4 Å². The minimum absolute atomic E-state index is 0.0422. The zero-order valence-corrected chi connectivity index (χ0v) is 18.0. The number of nitrogens with two attached hydrogens (primary N) is 1. The van der Waals surface area contributed by atoms with Gasteiger partial charge in [-0.25, -0.2) is 13.6 Å². The third kappa shape index (κ3) is 6.02. The van der Waals surface area contributed by atoms with Crippen LogP contribution in [0.15, 0.2) is 71.6 Å². The molecule has 0 saturated heterocycles. The number of amides is 1. The summed E-state index contributed by atoms with van der Waals surface area (Å²) in [5.41, 5.74) is -1.10. The molecule has 0 spiro atoms. The van der Waals surface area contributed by atoms with E-state index in [1.807, 2.05) is 0 Å². The lowest BCUT2D eigenvalue weighted by molar-refractivity contribution is -0.137. The number of halogens is 3. The molecule has 3 N–H and O–H groups in total. The van der Waals surface area contributed by atoms with E-state index in [2.05, 4.69) is 5.32 Å². The van der Waals surface area contributed by atoms with E-state index in [1.165, 1.54) is 25.3 Å². The standard InChI is InChI=1S/C22H19F3N2O5S/c1-31-19-7-2-3-8-20(19)32-13-14-9-10-15(22(23,24)25)11-18(14)21(28)27-16-5-4-6-17(12-16)33(26,29)30/h2-12H,13H2,1H3,(H,27,28)(H2,26,29,30). The second-order valence-corrected chi connectivity index (χ2v) is 8.40. The van der Waals surface area contributed by atoms with Crippen LogP contribution in [0.1, 0.15) is 21.5 Å². The quantitative estimate of drug-likeness (QED) is 0.527. The average molecular weight is 480 g/mol. The first-order chi connectivity index (χ1) is 15.5. The van der Waals surface area contributed by atoms with Gasteiger partial charge in [0.25, 0.3) is 5.91 Å². The summed E-state index contributed by atoms with van der Waals surface area (Å²) in [6.45, 7) is -0.224. The number of sulfonamides is 1. The van der Waals surface area contributed by atoms with E-state index >= 15 is 0 Å². The third-order valence-corrected chi connectivity index (χ3v) is 5.47. The molecule has 3 rings (SSSR count). The number of para-hydroxylation sites is 2. The topological polar surface area (TPSA) is 108 Å². The van der Waals surface area contributed by atoms with E-state index in [1.54, 1.807) is 24.3 Å². The van der Waals surface area contributed by atoms with Crippen molar-refractivity contribution in [2.45, 2.75) is 17.7 Å². The first-order valence-electron chi connectivity index (χ1n) is 9.39. The van der Waals surface area contributed by atoms with Gasteiger partial charge in [-0.2, -0.15) is 13.2 Å². The number of nitrogens with one attached hydrogen (secondary N) is 1. The molecule has 0 bridgehead atoms. The molecule has 0 saturated carbocycles. The summed E-state index contributed by atoms with van der Waals surface area (Å²) in [4.78, 5) is 12.6. The van der Waals surface area contributed by atoms with Gasteiger partial charge >= 0.3 is 6.18 Å². The fraction of sp³-hybridized carbons (Fsp3) is 0.136. The second kappa shape index (κ2) is 9.51. The number of hydrogen-bond acceptors (Lipinski definition) is 5. The number of hydrogen-bond donors (Lipinski definition) is 2. The zero-order valence-electron chi connectivity index (χ0n) is 17.2. The van der Waals surface area contributed by atoms with E-state index in [0.29, 0.717) is 17.6 Å². The summed E-state index contributed by atoms with van der Waals surface area (Å²) < 4.78 is 73.7. The monoisotopic (exact) mass is 480 g/mol. The predicted molar refractivity (Wildman–Crippen MR) is 115 cm³/mol. The number of carbonyl (C=O) groups is 1. The molecule has 7 nitrogen and oxygen atoms in total. The van der Waals surface area contributed by atoms with Gasteiger partial charge in [-0.3, -0.25) is 4.79 Å². The number of carbonyl (C=O) groups excluding carboxylic acids is 1. The Morgan fingerprint density at radius 1 is 1.00 bits per heavy atom. The molecule has 0 aliphatic carbocycles. The van der Waals surface area contributed by atoms with Crippen molar-refractivity contribution >= 4 is 21.6 Å². The lowest BCUT2D eigenvalue weighted by Crippen LogP contribution is -2.18. The van der Waals surface area contributed by atoms with Gasteiger partial charge in [0, 0.05) is 16.8 Å². The minimum atomic E-state index is -4.68. The largest absolute Gasteiger partial charge is 0.493 e. The van der Waals surface area contributed by atoms with Gasteiger partial charge in [-0.1, -0.05) is 24.3 Å². The van der Waals surface area contributed by atoms with E-state index in [0.717, 1.165) is 18.2 Å². The molecule has 3 aromatic carbocycles. The van der Waals surface area contributed by atoms with Crippen LogP contribution in [0.5, 0.6) is 11.5 Å². The normalized spacial score (nSPS) is 11.7. The predicted octanol–water partition coefficient (Wildman–Crippen LogP) is 4.19. The Labute approximate surface area is 188 Å². The maximum Gasteiger partial charge on any atom is 0.416 e. The summed E-state index contributed by atoms with van der Waals surface area (Å²) >= 11 is 0. The zero-order chi connectivity index (χ0) is 24.2. The van der Waals surface area contributed by atoms with Crippen molar-refractivity contribution in [2.75, 3.05) is 12.4 Å². The minimum Gasteiger partial charge on any atom is -0.493 e. The Morgan fingerprint density at radius 3 is 2.33 bits per heavy atom. The molecule has 33 heavy (non-hydrogen) atoms. The molecule has 3 aromatic rings. The van der Waals surface area contributed by atoms with Crippen molar-refractivity contribution in [2.24, 2.45) is 5.14 Å². The molecular formula is C22H19F3N2O5S. The summed E-state index contributed by atoms with van der Waals surface area (Å²) in [6.07, 6.45) is -4.68. The van der Waals surface area contributed by atoms with Crippen LogP contribution in [0, 0.1) is 0 Å². The van der Waals surface area contributed by atoms with E-state index in [4.69, 9.17) is 14.6 Å². The van der Waals surface area contributed by atoms with Crippen molar-refractivity contribution in [3.8, 4) is 11.5 Å². The molecule has 0 radical (unpaired) electrons. The molecule has 0 aliphatic rings. The summed E-state index contributed by atoms with van der Waals surface area (Å²) in [6, 6.07) is 14.4. The molecule has 11 heteroatoms. The van der Waals surface area contributed by atoms with Crippen LogP contribution in [0.2, 0.25) is 0 Å². The van der Waals surface area contributed by atoms with Crippen molar-refractivity contribution in [1.29, 1.82) is 0 Å². The van der Waals surface area contributed by atoms with Crippen molar-refractivity contribution < 1.29 is 35.9 Å². The van der Waals surface area contributed by atoms with Crippen LogP contribution >= 0.6 is 0 Å². The molecule has 0 fully saturated rings. The Morgan fingerprint density at radius 2 is 1.70 bits per heavy atom. The van der Waals surface area contributed by atoms with Gasteiger partial charge in [0.2, 0.25) is 10.0 Å². The van der Waals surface area contributed by atoms with E-state index < -0.39 is 27.7 Å². The highest BCUT2D eigenvalue weighted by molar-refractivity contribution is 7.89.